The van der Waals surface area contributed by atoms with Crippen molar-refractivity contribution in [1.29, 1.82) is 0 Å². The van der Waals surface area contributed by atoms with E-state index < -0.39 is 5.97 Å². The van der Waals surface area contributed by atoms with Crippen molar-refractivity contribution in [3.63, 3.8) is 0 Å². The molecule has 2 aromatic carbocycles. The first-order valence-electron chi connectivity index (χ1n) is 8.79. The van der Waals surface area contributed by atoms with Crippen LogP contribution >= 0.6 is 0 Å². The van der Waals surface area contributed by atoms with Gasteiger partial charge in [-0.25, -0.2) is 9.78 Å². The first-order valence-corrected chi connectivity index (χ1v) is 8.79. The van der Waals surface area contributed by atoms with E-state index in [0.717, 1.165) is 18.8 Å². The highest BCUT2D eigenvalue weighted by atomic mass is 16.5. The number of amides is 1. The predicted molar refractivity (Wildman–Crippen MR) is 99.5 cm³/mol. The Balaban J connectivity index is 1.29. The second kappa shape index (κ2) is 7.49. The van der Waals surface area contributed by atoms with E-state index in [1.165, 1.54) is 6.39 Å². The van der Waals surface area contributed by atoms with Crippen molar-refractivity contribution in [2.24, 2.45) is 0 Å². The summed E-state index contributed by atoms with van der Waals surface area (Å²) in [6, 6.07) is 15.0. The summed E-state index contributed by atoms with van der Waals surface area (Å²) in [4.78, 5) is 32.5. The number of benzene rings is 2. The Morgan fingerprint density at radius 2 is 1.81 bits per heavy atom. The number of aromatic nitrogens is 1. The van der Waals surface area contributed by atoms with Crippen molar-refractivity contribution in [2.75, 3.05) is 37.7 Å². The summed E-state index contributed by atoms with van der Waals surface area (Å²) in [5, 5.41) is 0. The predicted octanol–water partition coefficient (Wildman–Crippen LogP) is 2.33. The number of fused-ring (bicyclic) bond motifs is 1. The molecule has 0 bridgehead atoms. The zero-order chi connectivity index (χ0) is 18.6. The molecule has 1 saturated heterocycles. The molecule has 7 heteroatoms. The van der Waals surface area contributed by atoms with Crippen LogP contribution in [0.25, 0.3) is 11.1 Å². The highest BCUT2D eigenvalue weighted by Gasteiger charge is 2.22. The zero-order valence-electron chi connectivity index (χ0n) is 14.7. The Morgan fingerprint density at radius 1 is 1.04 bits per heavy atom. The van der Waals surface area contributed by atoms with Crippen molar-refractivity contribution in [2.45, 2.75) is 0 Å². The van der Waals surface area contributed by atoms with Gasteiger partial charge in [0.1, 0.15) is 5.52 Å². The number of oxazole rings is 1. The van der Waals surface area contributed by atoms with Crippen LogP contribution in [0.5, 0.6) is 0 Å². The average Bonchev–Trinajstić information content (AvgIpc) is 3.20. The third-order valence-corrected chi connectivity index (χ3v) is 4.65. The van der Waals surface area contributed by atoms with E-state index in [9.17, 15) is 9.59 Å². The lowest BCUT2D eigenvalue weighted by Gasteiger charge is -2.36. The van der Waals surface area contributed by atoms with Gasteiger partial charge in [0.15, 0.2) is 18.6 Å². The first-order chi connectivity index (χ1) is 13.2. The number of nitrogens with zero attached hydrogens (tertiary/aromatic N) is 3. The molecule has 4 rings (SSSR count). The standard InChI is InChI=1S/C20H19N3O4/c24-19(23-10-8-22(9-11-23)16-4-2-1-3-5-16)13-26-20(25)15-6-7-18-17(12-15)21-14-27-18/h1-7,12,14H,8-11,13H2. The highest BCUT2D eigenvalue weighted by Crippen LogP contribution is 2.16. The lowest BCUT2D eigenvalue weighted by Crippen LogP contribution is -2.49. The fourth-order valence-electron chi connectivity index (χ4n) is 3.14. The second-order valence-electron chi connectivity index (χ2n) is 6.31. The van der Waals surface area contributed by atoms with Crippen LogP contribution in [-0.2, 0) is 9.53 Å². The van der Waals surface area contributed by atoms with Crippen LogP contribution in [0, 0.1) is 0 Å². The lowest BCUT2D eigenvalue weighted by molar-refractivity contribution is -0.134. The minimum absolute atomic E-state index is 0.182. The van der Waals surface area contributed by atoms with Gasteiger partial charge in [-0.1, -0.05) is 18.2 Å². The molecule has 1 aliphatic rings. The molecule has 3 aromatic rings. The van der Waals surface area contributed by atoms with E-state index in [0.29, 0.717) is 29.8 Å². The Bertz CT molecular complexity index is 946. The molecule has 2 heterocycles. The molecular formula is C20H19N3O4. The molecule has 138 valence electrons. The average molecular weight is 365 g/mol. The van der Waals surface area contributed by atoms with Crippen molar-refractivity contribution in [3.8, 4) is 0 Å². The molecule has 0 saturated carbocycles. The maximum atomic E-state index is 12.4. The van der Waals surface area contributed by atoms with E-state index in [2.05, 4.69) is 22.0 Å². The normalized spacial score (nSPS) is 14.4. The number of hydrogen-bond acceptors (Lipinski definition) is 6. The van der Waals surface area contributed by atoms with Gasteiger partial charge in [-0.2, -0.15) is 0 Å². The van der Waals surface area contributed by atoms with Gasteiger partial charge in [-0.3, -0.25) is 4.79 Å². The van der Waals surface area contributed by atoms with Crippen molar-refractivity contribution < 1.29 is 18.7 Å². The Labute approximate surface area is 156 Å². The molecule has 1 aromatic heterocycles. The van der Waals surface area contributed by atoms with Crippen molar-refractivity contribution in [1.82, 2.24) is 9.88 Å². The summed E-state index contributed by atoms with van der Waals surface area (Å²) in [6.07, 6.45) is 1.32. The maximum Gasteiger partial charge on any atom is 0.338 e. The number of piperazine rings is 1. The van der Waals surface area contributed by atoms with E-state index in [1.54, 1.807) is 23.1 Å². The Hall–Kier alpha value is -3.35. The first kappa shape index (κ1) is 17.1. The van der Waals surface area contributed by atoms with Crippen LogP contribution in [-0.4, -0.2) is 54.5 Å². The minimum Gasteiger partial charge on any atom is -0.452 e. The zero-order valence-corrected chi connectivity index (χ0v) is 14.7. The Morgan fingerprint density at radius 3 is 2.59 bits per heavy atom. The highest BCUT2D eigenvalue weighted by molar-refractivity contribution is 5.94. The quantitative estimate of drug-likeness (QED) is 0.661. The summed E-state index contributed by atoms with van der Waals surface area (Å²) < 4.78 is 10.3. The van der Waals surface area contributed by atoms with Gasteiger partial charge in [0.25, 0.3) is 5.91 Å². The summed E-state index contributed by atoms with van der Waals surface area (Å²) in [5.74, 6) is -0.727. The molecule has 0 radical (unpaired) electrons. The van der Waals surface area contributed by atoms with Crippen LogP contribution in [0.15, 0.2) is 59.3 Å². The minimum atomic E-state index is -0.545. The fraction of sp³-hybridized carbons (Fsp3) is 0.250. The number of para-hydroxylation sites is 1. The van der Waals surface area contributed by atoms with Crippen LogP contribution in [0.1, 0.15) is 10.4 Å². The van der Waals surface area contributed by atoms with Gasteiger partial charge in [0, 0.05) is 31.9 Å². The summed E-state index contributed by atoms with van der Waals surface area (Å²) in [6.45, 7) is 2.46. The molecule has 0 unspecified atom stereocenters. The number of esters is 1. The molecule has 0 spiro atoms. The van der Waals surface area contributed by atoms with Crippen LogP contribution < -0.4 is 4.90 Å². The van der Waals surface area contributed by atoms with Crippen LogP contribution in [0.2, 0.25) is 0 Å². The molecule has 1 aliphatic heterocycles. The number of ether oxygens (including phenoxy) is 1. The van der Waals surface area contributed by atoms with E-state index in [1.807, 2.05) is 18.2 Å². The number of rotatable bonds is 4. The molecule has 1 fully saturated rings. The molecule has 7 nitrogen and oxygen atoms in total. The monoisotopic (exact) mass is 365 g/mol. The van der Waals surface area contributed by atoms with Crippen molar-refractivity contribution in [3.05, 3.63) is 60.5 Å². The number of carbonyl (C=O) groups excluding carboxylic acids is 2. The summed E-state index contributed by atoms with van der Waals surface area (Å²) in [5.41, 5.74) is 2.67. The van der Waals surface area contributed by atoms with E-state index in [-0.39, 0.29) is 12.5 Å². The van der Waals surface area contributed by atoms with Gasteiger partial charge in [0.05, 0.1) is 5.56 Å². The largest absolute Gasteiger partial charge is 0.452 e. The van der Waals surface area contributed by atoms with Crippen LogP contribution in [0.3, 0.4) is 0 Å². The second-order valence-corrected chi connectivity index (χ2v) is 6.31. The summed E-state index contributed by atoms with van der Waals surface area (Å²) in [7, 11) is 0. The molecule has 0 N–H and O–H groups in total. The van der Waals surface area contributed by atoms with Gasteiger partial charge in [0.2, 0.25) is 0 Å². The number of anilines is 1. The molecule has 0 aliphatic carbocycles. The van der Waals surface area contributed by atoms with Crippen molar-refractivity contribution >= 4 is 28.7 Å². The number of carbonyl (C=O) groups is 2. The van der Waals surface area contributed by atoms with Gasteiger partial charge < -0.3 is 19.0 Å². The fourth-order valence-corrected chi connectivity index (χ4v) is 3.14. The van der Waals surface area contributed by atoms with Gasteiger partial charge in [-0.15, -0.1) is 0 Å². The van der Waals surface area contributed by atoms with Gasteiger partial charge in [-0.05, 0) is 30.3 Å². The van der Waals surface area contributed by atoms with Crippen LogP contribution in [0.4, 0.5) is 5.69 Å². The maximum absolute atomic E-state index is 12.4. The molecule has 27 heavy (non-hydrogen) atoms. The van der Waals surface area contributed by atoms with E-state index in [4.69, 9.17) is 9.15 Å². The van der Waals surface area contributed by atoms with Gasteiger partial charge >= 0.3 is 5.97 Å². The third-order valence-electron chi connectivity index (χ3n) is 4.65. The topological polar surface area (TPSA) is 75.9 Å². The smallest absolute Gasteiger partial charge is 0.338 e. The van der Waals surface area contributed by atoms with E-state index >= 15 is 0 Å². The number of hydrogen-bond donors (Lipinski definition) is 0. The third kappa shape index (κ3) is 3.76. The SMILES string of the molecule is O=C(OCC(=O)N1CCN(c2ccccc2)CC1)c1ccc2ocnc2c1. The summed E-state index contributed by atoms with van der Waals surface area (Å²) >= 11 is 0. The Kier molecular flexibility index (Phi) is 4.74. The lowest BCUT2D eigenvalue weighted by atomic mass is 10.2. The molecular weight excluding hydrogens is 346 g/mol. The molecule has 0 atom stereocenters. The molecule has 1 amide bonds.